The van der Waals surface area contributed by atoms with E-state index in [2.05, 4.69) is 31.4 Å². The van der Waals surface area contributed by atoms with Crippen LogP contribution in [0.1, 0.15) is 10.5 Å². The molecule has 21 heavy (non-hydrogen) atoms. The topological polar surface area (TPSA) is 73.0 Å². The summed E-state index contributed by atoms with van der Waals surface area (Å²) in [7, 11) is 1.82. The molecule has 106 valence electrons. The number of carbonyl (C=O) groups is 1. The molecule has 1 amide bonds. The lowest BCUT2D eigenvalue weighted by Crippen LogP contribution is -2.15. The van der Waals surface area contributed by atoms with Crippen molar-refractivity contribution in [3.8, 4) is 11.5 Å². The number of aryl methyl sites for hydroxylation is 1. The molecular formula is C14H11BrN4O2. The normalized spacial score (nSPS) is 10.6. The van der Waals surface area contributed by atoms with Crippen LogP contribution in [0.3, 0.4) is 0 Å². The molecule has 0 unspecified atom stereocenters. The molecule has 0 aliphatic heterocycles. The Morgan fingerprint density at radius 1 is 1.33 bits per heavy atom. The number of hydrogen-bond donors (Lipinski definition) is 1. The van der Waals surface area contributed by atoms with Gasteiger partial charge in [-0.3, -0.25) is 4.79 Å². The van der Waals surface area contributed by atoms with Gasteiger partial charge in [-0.25, -0.2) is 0 Å². The largest absolute Gasteiger partial charge is 0.423 e. The Bertz CT molecular complexity index is 763. The third-order valence-electron chi connectivity index (χ3n) is 2.95. The van der Waals surface area contributed by atoms with Crippen LogP contribution in [0, 0.1) is 0 Å². The standard InChI is InChI=1S/C14H11BrN4O2/c1-19-7-10(15)6-12(19)13(20)17-11-4-2-9(3-5-11)14-18-16-8-21-14/h2-8H,1H3,(H,17,20). The molecule has 2 aromatic heterocycles. The minimum absolute atomic E-state index is 0.172. The van der Waals surface area contributed by atoms with Crippen LogP contribution in [0.5, 0.6) is 0 Å². The van der Waals surface area contributed by atoms with Crippen molar-refractivity contribution in [2.24, 2.45) is 7.05 Å². The van der Waals surface area contributed by atoms with Gasteiger partial charge in [-0.15, -0.1) is 10.2 Å². The third-order valence-corrected chi connectivity index (χ3v) is 3.39. The number of rotatable bonds is 3. The summed E-state index contributed by atoms with van der Waals surface area (Å²) in [6.07, 6.45) is 3.10. The highest BCUT2D eigenvalue weighted by molar-refractivity contribution is 9.10. The second-order valence-corrected chi connectivity index (χ2v) is 5.35. The van der Waals surface area contributed by atoms with Gasteiger partial charge in [-0.1, -0.05) is 0 Å². The first-order valence-electron chi connectivity index (χ1n) is 6.13. The van der Waals surface area contributed by atoms with E-state index >= 15 is 0 Å². The summed E-state index contributed by atoms with van der Waals surface area (Å²) in [5.74, 6) is 0.271. The van der Waals surface area contributed by atoms with Gasteiger partial charge in [0.1, 0.15) is 5.69 Å². The lowest BCUT2D eigenvalue weighted by atomic mass is 10.2. The highest BCUT2D eigenvalue weighted by Gasteiger charge is 2.11. The number of hydrogen-bond acceptors (Lipinski definition) is 4. The van der Waals surface area contributed by atoms with Crippen molar-refractivity contribution in [1.29, 1.82) is 0 Å². The number of amides is 1. The molecule has 2 heterocycles. The molecule has 0 saturated carbocycles. The molecule has 0 atom stereocenters. The quantitative estimate of drug-likeness (QED) is 0.790. The summed E-state index contributed by atoms with van der Waals surface area (Å²) >= 11 is 3.34. The Kier molecular flexibility index (Phi) is 3.57. The summed E-state index contributed by atoms with van der Waals surface area (Å²) in [6.45, 7) is 0. The van der Waals surface area contributed by atoms with Crippen LogP contribution < -0.4 is 5.32 Å². The van der Waals surface area contributed by atoms with Gasteiger partial charge in [0.15, 0.2) is 0 Å². The van der Waals surface area contributed by atoms with Crippen LogP contribution in [0.4, 0.5) is 5.69 Å². The lowest BCUT2D eigenvalue weighted by Gasteiger charge is -2.06. The first-order chi connectivity index (χ1) is 10.1. The van der Waals surface area contributed by atoms with Crippen LogP contribution in [0.25, 0.3) is 11.5 Å². The van der Waals surface area contributed by atoms with Crippen LogP contribution >= 0.6 is 15.9 Å². The van der Waals surface area contributed by atoms with Crippen LogP contribution in [0.2, 0.25) is 0 Å². The predicted molar refractivity (Wildman–Crippen MR) is 80.8 cm³/mol. The highest BCUT2D eigenvalue weighted by atomic mass is 79.9. The third kappa shape index (κ3) is 2.87. The number of anilines is 1. The number of nitrogens with one attached hydrogen (secondary N) is 1. The van der Waals surface area contributed by atoms with E-state index in [0.717, 1.165) is 10.0 Å². The van der Waals surface area contributed by atoms with E-state index in [9.17, 15) is 4.79 Å². The molecule has 6 nitrogen and oxygen atoms in total. The average molecular weight is 347 g/mol. The maximum atomic E-state index is 12.2. The number of aromatic nitrogens is 3. The zero-order valence-electron chi connectivity index (χ0n) is 11.1. The molecule has 0 aliphatic rings. The van der Waals surface area contributed by atoms with Gasteiger partial charge in [0.05, 0.1) is 0 Å². The van der Waals surface area contributed by atoms with E-state index in [1.54, 1.807) is 22.8 Å². The van der Waals surface area contributed by atoms with E-state index in [1.807, 2.05) is 25.4 Å². The van der Waals surface area contributed by atoms with Gasteiger partial charge < -0.3 is 14.3 Å². The van der Waals surface area contributed by atoms with E-state index < -0.39 is 0 Å². The lowest BCUT2D eigenvalue weighted by molar-refractivity contribution is 0.101. The fraction of sp³-hybridized carbons (Fsp3) is 0.0714. The molecule has 0 saturated heterocycles. The Morgan fingerprint density at radius 3 is 2.67 bits per heavy atom. The molecule has 3 aromatic rings. The van der Waals surface area contributed by atoms with Gasteiger partial charge in [-0.2, -0.15) is 0 Å². The van der Waals surface area contributed by atoms with E-state index in [-0.39, 0.29) is 5.91 Å². The van der Waals surface area contributed by atoms with Crippen LogP contribution in [-0.2, 0) is 7.05 Å². The smallest absolute Gasteiger partial charge is 0.272 e. The summed E-state index contributed by atoms with van der Waals surface area (Å²) < 4.78 is 7.73. The van der Waals surface area contributed by atoms with Gasteiger partial charge in [-0.05, 0) is 46.3 Å². The van der Waals surface area contributed by atoms with Gasteiger partial charge in [0.25, 0.3) is 5.91 Å². The van der Waals surface area contributed by atoms with Crippen LogP contribution in [-0.4, -0.2) is 20.7 Å². The zero-order chi connectivity index (χ0) is 14.8. The molecule has 0 spiro atoms. The fourth-order valence-corrected chi connectivity index (χ4v) is 2.46. The van der Waals surface area contributed by atoms with E-state index in [0.29, 0.717) is 17.3 Å². The monoisotopic (exact) mass is 346 g/mol. The van der Waals surface area contributed by atoms with Crippen molar-refractivity contribution >= 4 is 27.5 Å². The Balaban J connectivity index is 1.76. The van der Waals surface area contributed by atoms with Crippen molar-refractivity contribution in [3.63, 3.8) is 0 Å². The second-order valence-electron chi connectivity index (χ2n) is 4.43. The van der Waals surface area contributed by atoms with Gasteiger partial charge in [0, 0.05) is 29.0 Å². The van der Waals surface area contributed by atoms with Crippen molar-refractivity contribution in [2.75, 3.05) is 5.32 Å². The van der Waals surface area contributed by atoms with Crippen molar-refractivity contribution in [2.45, 2.75) is 0 Å². The summed E-state index contributed by atoms with van der Waals surface area (Å²) in [5, 5.41) is 10.3. The predicted octanol–water partition coefficient (Wildman–Crippen LogP) is 3.09. The Morgan fingerprint density at radius 2 is 2.10 bits per heavy atom. The van der Waals surface area contributed by atoms with Gasteiger partial charge in [0.2, 0.25) is 12.3 Å². The average Bonchev–Trinajstić information content (AvgIpc) is 3.09. The second kappa shape index (κ2) is 5.53. The Labute approximate surface area is 128 Å². The van der Waals surface area contributed by atoms with E-state index in [1.165, 1.54) is 6.39 Å². The summed E-state index contributed by atoms with van der Waals surface area (Å²) in [5.41, 5.74) is 2.07. The molecule has 1 aromatic carbocycles. The molecule has 7 heteroatoms. The van der Waals surface area contributed by atoms with Crippen LogP contribution in [0.15, 0.2) is 51.8 Å². The fourth-order valence-electron chi connectivity index (χ4n) is 1.94. The number of benzene rings is 1. The first kappa shape index (κ1) is 13.6. The van der Waals surface area contributed by atoms with Gasteiger partial charge >= 0.3 is 0 Å². The molecule has 0 radical (unpaired) electrons. The zero-order valence-corrected chi connectivity index (χ0v) is 12.7. The number of carbonyl (C=O) groups excluding carboxylic acids is 1. The summed E-state index contributed by atoms with van der Waals surface area (Å²) in [4.78, 5) is 12.2. The van der Waals surface area contributed by atoms with Crippen molar-refractivity contribution in [3.05, 3.63) is 53.1 Å². The van der Waals surface area contributed by atoms with Crippen molar-refractivity contribution in [1.82, 2.24) is 14.8 Å². The number of halogens is 1. The molecule has 3 rings (SSSR count). The van der Waals surface area contributed by atoms with Crippen molar-refractivity contribution < 1.29 is 9.21 Å². The first-order valence-corrected chi connectivity index (χ1v) is 6.92. The van der Waals surface area contributed by atoms with E-state index in [4.69, 9.17) is 4.42 Å². The maximum absolute atomic E-state index is 12.2. The number of nitrogens with zero attached hydrogens (tertiary/aromatic N) is 3. The molecule has 0 bridgehead atoms. The Hall–Kier alpha value is -2.41. The molecule has 1 N–H and O–H groups in total. The SMILES string of the molecule is Cn1cc(Br)cc1C(=O)Nc1ccc(-c2nnco2)cc1. The minimum atomic E-state index is -0.172. The molecular weight excluding hydrogens is 336 g/mol. The molecule has 0 aliphatic carbocycles. The summed E-state index contributed by atoms with van der Waals surface area (Å²) in [6, 6.07) is 8.96. The highest BCUT2D eigenvalue weighted by Crippen LogP contribution is 2.20. The minimum Gasteiger partial charge on any atom is -0.423 e. The maximum Gasteiger partial charge on any atom is 0.272 e. The molecule has 0 fully saturated rings.